The summed E-state index contributed by atoms with van der Waals surface area (Å²) in [5.74, 6) is 0.314. The number of carbonyl (C=O) groups is 1. The van der Waals surface area contributed by atoms with Crippen LogP contribution in [0.5, 0.6) is 11.5 Å². The molecule has 0 fully saturated rings. The Balaban J connectivity index is 1.78. The summed E-state index contributed by atoms with van der Waals surface area (Å²) in [5, 5.41) is 20.6. The van der Waals surface area contributed by atoms with Crippen molar-refractivity contribution in [3.63, 3.8) is 0 Å². The maximum Gasteiger partial charge on any atom is 0.271 e. The molecule has 9 nitrogen and oxygen atoms in total. The molecule has 3 N–H and O–H groups in total. The molecule has 24 heavy (non-hydrogen) atoms. The lowest BCUT2D eigenvalue weighted by atomic mass is 10.1. The fraction of sp³-hybridized carbons (Fsp3) is 0. The number of amides is 1. The predicted octanol–water partition coefficient (Wildman–Crippen LogP) is 2.27. The number of aromatic amines is 1. The van der Waals surface area contributed by atoms with Gasteiger partial charge in [-0.1, -0.05) is 0 Å². The minimum atomic E-state index is -0.676. The fourth-order valence-corrected chi connectivity index (χ4v) is 2.06. The third-order valence-electron chi connectivity index (χ3n) is 3.19. The van der Waals surface area contributed by atoms with Crippen molar-refractivity contribution in [2.75, 3.05) is 0 Å². The van der Waals surface area contributed by atoms with E-state index in [1.165, 1.54) is 24.3 Å². The Labute approximate surface area is 135 Å². The molecule has 0 aliphatic carbocycles. The molecule has 0 unspecified atom stereocenters. The smallest absolute Gasteiger partial charge is 0.271 e. The third kappa shape index (κ3) is 3.04. The van der Waals surface area contributed by atoms with E-state index in [2.05, 4.69) is 15.4 Å². The van der Waals surface area contributed by atoms with E-state index in [0.29, 0.717) is 22.8 Å². The molecule has 120 valence electrons. The zero-order valence-electron chi connectivity index (χ0n) is 12.2. The lowest BCUT2D eigenvalue weighted by Crippen LogP contribution is -2.12. The molecule has 0 saturated carbocycles. The Morgan fingerprint density at radius 1 is 1.04 bits per heavy atom. The Morgan fingerprint density at radius 2 is 1.62 bits per heavy atom. The summed E-state index contributed by atoms with van der Waals surface area (Å²) in [4.78, 5) is 21.4. The molecule has 1 aromatic heterocycles. The molecular weight excluding hydrogens is 314 g/mol. The van der Waals surface area contributed by atoms with Gasteiger partial charge in [-0.2, -0.15) is 15.4 Å². The number of nitro benzene ring substituents is 1. The van der Waals surface area contributed by atoms with E-state index in [0.717, 1.165) is 0 Å². The van der Waals surface area contributed by atoms with Crippen molar-refractivity contribution in [2.24, 2.45) is 5.73 Å². The number of non-ortho nitro benzene ring substituents is 1. The number of primary amides is 1. The molecule has 0 atom stereocenters. The first-order valence-electron chi connectivity index (χ1n) is 6.78. The van der Waals surface area contributed by atoms with Gasteiger partial charge in [0.2, 0.25) is 0 Å². The van der Waals surface area contributed by atoms with E-state index in [9.17, 15) is 14.9 Å². The maximum absolute atomic E-state index is 11.3. The normalized spacial score (nSPS) is 10.3. The maximum atomic E-state index is 11.3. The topological polar surface area (TPSA) is 137 Å². The summed E-state index contributed by atoms with van der Waals surface area (Å²) in [5.41, 5.74) is 6.27. The second-order valence-electron chi connectivity index (χ2n) is 4.76. The zero-order valence-corrected chi connectivity index (χ0v) is 12.2. The highest BCUT2D eigenvalue weighted by atomic mass is 16.6. The second-order valence-corrected chi connectivity index (χ2v) is 4.76. The molecule has 0 bridgehead atoms. The SMILES string of the molecule is NC(=O)c1n[nH]nc1-c1ccc(Oc2ccc([N+](=O)[O-])cc2)cc1. The van der Waals surface area contributed by atoms with Crippen LogP contribution in [0, 0.1) is 10.1 Å². The lowest BCUT2D eigenvalue weighted by Gasteiger charge is -2.06. The van der Waals surface area contributed by atoms with Crippen LogP contribution in [0.25, 0.3) is 11.3 Å². The number of carbonyl (C=O) groups excluding carboxylic acids is 1. The number of hydrogen-bond acceptors (Lipinski definition) is 6. The van der Waals surface area contributed by atoms with Crippen LogP contribution in [0.4, 0.5) is 5.69 Å². The van der Waals surface area contributed by atoms with E-state index < -0.39 is 10.8 Å². The third-order valence-corrected chi connectivity index (χ3v) is 3.19. The van der Waals surface area contributed by atoms with E-state index in [1.807, 2.05) is 0 Å². The number of nitrogens with zero attached hydrogens (tertiary/aromatic N) is 3. The number of nitrogens with two attached hydrogens (primary N) is 1. The van der Waals surface area contributed by atoms with Crippen LogP contribution in [0.3, 0.4) is 0 Å². The van der Waals surface area contributed by atoms with Crippen LogP contribution in [-0.4, -0.2) is 26.2 Å². The summed E-state index contributed by atoms with van der Waals surface area (Å²) in [7, 11) is 0. The van der Waals surface area contributed by atoms with Gasteiger partial charge in [0.25, 0.3) is 11.6 Å². The molecule has 0 aliphatic rings. The Bertz CT molecular complexity index is 887. The van der Waals surface area contributed by atoms with Crippen LogP contribution >= 0.6 is 0 Å². The van der Waals surface area contributed by atoms with Gasteiger partial charge in [-0.05, 0) is 36.4 Å². The zero-order chi connectivity index (χ0) is 17.1. The van der Waals surface area contributed by atoms with Gasteiger partial charge in [-0.3, -0.25) is 14.9 Å². The molecule has 9 heteroatoms. The first-order valence-corrected chi connectivity index (χ1v) is 6.78. The Morgan fingerprint density at radius 3 is 2.17 bits per heavy atom. The van der Waals surface area contributed by atoms with Crippen LogP contribution in [0.1, 0.15) is 10.5 Å². The van der Waals surface area contributed by atoms with Crippen molar-refractivity contribution >= 4 is 11.6 Å². The number of benzene rings is 2. The van der Waals surface area contributed by atoms with Gasteiger partial charge in [-0.15, -0.1) is 0 Å². The Hall–Kier alpha value is -3.75. The van der Waals surface area contributed by atoms with Gasteiger partial charge < -0.3 is 10.5 Å². The highest BCUT2D eigenvalue weighted by Crippen LogP contribution is 2.27. The molecular formula is C15H11N5O4. The number of nitro groups is 1. The average molecular weight is 325 g/mol. The summed E-state index contributed by atoms with van der Waals surface area (Å²) in [6.45, 7) is 0. The summed E-state index contributed by atoms with van der Waals surface area (Å²) < 4.78 is 5.61. The molecule has 2 aromatic carbocycles. The van der Waals surface area contributed by atoms with Gasteiger partial charge >= 0.3 is 0 Å². The van der Waals surface area contributed by atoms with Crippen molar-refractivity contribution in [2.45, 2.75) is 0 Å². The first kappa shape index (κ1) is 15.2. The summed E-state index contributed by atoms with van der Waals surface area (Å²) in [6.07, 6.45) is 0. The van der Waals surface area contributed by atoms with Crippen molar-refractivity contribution in [3.05, 3.63) is 64.3 Å². The molecule has 1 amide bonds. The second kappa shape index (κ2) is 6.16. The molecule has 0 aliphatic heterocycles. The minimum absolute atomic E-state index is 0.0114. The number of aromatic nitrogens is 3. The largest absolute Gasteiger partial charge is 0.457 e. The number of ether oxygens (including phenoxy) is 1. The van der Waals surface area contributed by atoms with Gasteiger partial charge in [-0.25, -0.2) is 0 Å². The van der Waals surface area contributed by atoms with Crippen LogP contribution in [0.15, 0.2) is 48.5 Å². The molecule has 1 heterocycles. The molecule has 0 spiro atoms. The quantitative estimate of drug-likeness (QED) is 0.545. The monoisotopic (exact) mass is 325 g/mol. The standard InChI is InChI=1S/C15H11N5O4/c16-15(21)14-13(17-19-18-14)9-1-5-11(6-2-9)24-12-7-3-10(4-8-12)20(22)23/h1-8H,(H2,16,21)(H,17,18,19). The van der Waals surface area contributed by atoms with Crippen LogP contribution in [-0.2, 0) is 0 Å². The van der Waals surface area contributed by atoms with Crippen molar-refractivity contribution in [1.29, 1.82) is 0 Å². The van der Waals surface area contributed by atoms with E-state index in [4.69, 9.17) is 10.5 Å². The van der Waals surface area contributed by atoms with Crippen molar-refractivity contribution in [1.82, 2.24) is 15.4 Å². The summed E-state index contributed by atoms with van der Waals surface area (Å²) in [6, 6.07) is 12.5. The number of hydrogen-bond donors (Lipinski definition) is 2. The number of H-pyrrole nitrogens is 1. The predicted molar refractivity (Wildman–Crippen MR) is 83.5 cm³/mol. The van der Waals surface area contributed by atoms with Crippen molar-refractivity contribution < 1.29 is 14.5 Å². The minimum Gasteiger partial charge on any atom is -0.457 e. The lowest BCUT2D eigenvalue weighted by molar-refractivity contribution is -0.384. The van der Waals surface area contributed by atoms with Crippen molar-refractivity contribution in [3.8, 4) is 22.8 Å². The van der Waals surface area contributed by atoms with Gasteiger partial charge in [0.15, 0.2) is 5.69 Å². The number of nitrogens with one attached hydrogen (secondary N) is 1. The van der Waals surface area contributed by atoms with E-state index in [-0.39, 0.29) is 11.4 Å². The van der Waals surface area contributed by atoms with Gasteiger partial charge in [0, 0.05) is 17.7 Å². The number of rotatable bonds is 5. The highest BCUT2D eigenvalue weighted by Gasteiger charge is 2.15. The van der Waals surface area contributed by atoms with Crippen LogP contribution < -0.4 is 10.5 Å². The van der Waals surface area contributed by atoms with Gasteiger partial charge in [0.05, 0.1) is 4.92 Å². The Kier molecular flexibility index (Phi) is 3.89. The van der Waals surface area contributed by atoms with E-state index in [1.54, 1.807) is 24.3 Å². The average Bonchev–Trinajstić information content (AvgIpc) is 3.06. The molecule has 3 rings (SSSR count). The fourth-order valence-electron chi connectivity index (χ4n) is 2.06. The first-order chi connectivity index (χ1) is 11.5. The molecule has 3 aromatic rings. The molecule has 0 radical (unpaired) electrons. The van der Waals surface area contributed by atoms with E-state index >= 15 is 0 Å². The molecule has 0 saturated heterocycles. The van der Waals surface area contributed by atoms with Gasteiger partial charge in [0.1, 0.15) is 17.2 Å². The highest BCUT2D eigenvalue weighted by molar-refractivity contribution is 5.96. The summed E-state index contributed by atoms with van der Waals surface area (Å²) >= 11 is 0. The van der Waals surface area contributed by atoms with Crippen LogP contribution in [0.2, 0.25) is 0 Å².